The van der Waals surface area contributed by atoms with Gasteiger partial charge >= 0.3 is 0 Å². The number of hydrogen-bond acceptors (Lipinski definition) is 4. The summed E-state index contributed by atoms with van der Waals surface area (Å²) in [6.07, 6.45) is 0. The second-order valence-electron chi connectivity index (χ2n) is 3.65. The van der Waals surface area contributed by atoms with Gasteiger partial charge in [-0.25, -0.2) is 0 Å². The Morgan fingerprint density at radius 2 is 1.89 bits per heavy atom. The lowest BCUT2D eigenvalue weighted by molar-refractivity contribution is -0.112. The fourth-order valence-electron chi connectivity index (χ4n) is 1.40. The van der Waals surface area contributed by atoms with Crippen LogP contribution in [0.3, 0.4) is 0 Å². The Morgan fingerprint density at radius 3 is 2.61 bits per heavy atom. The van der Waals surface area contributed by atoms with E-state index in [-0.39, 0.29) is 11.7 Å². The molecule has 0 aliphatic rings. The molecule has 3 nitrogen and oxygen atoms in total. The largest absolute Gasteiger partial charge is 0.485 e. The fraction of sp³-hybridized carbons (Fsp3) is 0.0714. The normalized spacial score (nSPS) is 10.0. The molecule has 0 aliphatic carbocycles. The van der Waals surface area contributed by atoms with E-state index in [9.17, 15) is 4.79 Å². The smallest absolute Gasteiger partial charge is 0.231 e. The highest BCUT2D eigenvalue weighted by molar-refractivity contribution is 8.13. The quantitative estimate of drug-likeness (QED) is 0.677. The Hall–Kier alpha value is -1.94. The van der Waals surface area contributed by atoms with Gasteiger partial charge in [0.15, 0.2) is 6.61 Å². The standard InChI is InChI=1S/C14H13NO2S/c15-11-5-4-6-12(9-11)17-10-14(16)18-13-7-2-1-3-8-13/h1-9H,10,15H2. The zero-order valence-electron chi connectivity index (χ0n) is 9.71. The number of ether oxygens (including phenoxy) is 1. The van der Waals surface area contributed by atoms with Gasteiger partial charge in [-0.05, 0) is 36.0 Å². The molecule has 0 bridgehead atoms. The lowest BCUT2D eigenvalue weighted by atomic mass is 10.3. The first-order valence-electron chi connectivity index (χ1n) is 5.48. The topological polar surface area (TPSA) is 52.3 Å². The third-order valence-corrected chi connectivity index (χ3v) is 3.04. The highest BCUT2D eigenvalue weighted by Crippen LogP contribution is 2.19. The zero-order chi connectivity index (χ0) is 12.8. The molecule has 0 unspecified atom stereocenters. The summed E-state index contributed by atoms with van der Waals surface area (Å²) in [5, 5.41) is -0.0383. The molecule has 0 spiro atoms. The molecule has 2 N–H and O–H groups in total. The molecule has 18 heavy (non-hydrogen) atoms. The van der Waals surface area contributed by atoms with Crippen LogP contribution in [0.5, 0.6) is 5.75 Å². The molecule has 0 amide bonds. The third-order valence-electron chi connectivity index (χ3n) is 2.19. The number of nitrogen functional groups attached to an aromatic ring is 1. The van der Waals surface area contributed by atoms with Gasteiger partial charge in [-0.3, -0.25) is 4.79 Å². The van der Waals surface area contributed by atoms with Crippen molar-refractivity contribution < 1.29 is 9.53 Å². The first-order chi connectivity index (χ1) is 8.74. The summed E-state index contributed by atoms with van der Waals surface area (Å²) < 4.78 is 5.37. The Balaban J connectivity index is 1.85. The first-order valence-corrected chi connectivity index (χ1v) is 6.30. The Bertz CT molecular complexity index is 528. The molecule has 0 aliphatic heterocycles. The summed E-state index contributed by atoms with van der Waals surface area (Å²) in [7, 11) is 0. The molecule has 0 saturated carbocycles. The summed E-state index contributed by atoms with van der Waals surface area (Å²) in [5.41, 5.74) is 6.24. The number of hydrogen-bond donors (Lipinski definition) is 1. The maximum atomic E-state index is 11.7. The average molecular weight is 259 g/mol. The van der Waals surface area contributed by atoms with E-state index in [0.717, 1.165) is 4.90 Å². The summed E-state index contributed by atoms with van der Waals surface area (Å²) in [5.74, 6) is 0.608. The third kappa shape index (κ3) is 3.82. The van der Waals surface area contributed by atoms with Crippen molar-refractivity contribution in [2.24, 2.45) is 0 Å². The van der Waals surface area contributed by atoms with E-state index in [1.807, 2.05) is 30.3 Å². The highest BCUT2D eigenvalue weighted by atomic mass is 32.2. The molecule has 2 rings (SSSR count). The van der Waals surface area contributed by atoms with Gasteiger partial charge < -0.3 is 10.5 Å². The van der Waals surface area contributed by atoms with Crippen molar-refractivity contribution in [3.8, 4) is 5.75 Å². The van der Waals surface area contributed by atoms with Crippen LogP contribution in [-0.4, -0.2) is 11.7 Å². The van der Waals surface area contributed by atoms with Gasteiger partial charge in [-0.2, -0.15) is 0 Å². The SMILES string of the molecule is Nc1cccc(OCC(=O)Sc2ccccc2)c1. The van der Waals surface area contributed by atoms with E-state index < -0.39 is 0 Å². The molecular weight excluding hydrogens is 246 g/mol. The first kappa shape index (κ1) is 12.5. The minimum atomic E-state index is -0.0383. The predicted octanol–water partition coefficient (Wildman–Crippen LogP) is 2.97. The van der Waals surface area contributed by atoms with Gasteiger partial charge in [0.1, 0.15) is 5.75 Å². The molecule has 4 heteroatoms. The van der Waals surface area contributed by atoms with Crippen molar-refractivity contribution in [3.05, 3.63) is 54.6 Å². The maximum Gasteiger partial charge on any atom is 0.231 e. The molecule has 0 atom stereocenters. The van der Waals surface area contributed by atoms with Crippen LogP contribution in [0, 0.1) is 0 Å². The van der Waals surface area contributed by atoms with Crippen molar-refractivity contribution in [1.29, 1.82) is 0 Å². The van der Waals surface area contributed by atoms with Crippen molar-refractivity contribution >= 4 is 22.6 Å². The van der Waals surface area contributed by atoms with Gasteiger partial charge in [0, 0.05) is 16.6 Å². The number of carbonyl (C=O) groups is 1. The number of carbonyl (C=O) groups excluding carboxylic acids is 1. The maximum absolute atomic E-state index is 11.7. The minimum Gasteiger partial charge on any atom is -0.485 e. The van der Waals surface area contributed by atoms with E-state index >= 15 is 0 Å². The molecule has 0 radical (unpaired) electrons. The van der Waals surface area contributed by atoms with E-state index in [4.69, 9.17) is 10.5 Å². The summed E-state index contributed by atoms with van der Waals surface area (Å²) in [6, 6.07) is 16.5. The van der Waals surface area contributed by atoms with Gasteiger partial charge in [0.05, 0.1) is 0 Å². The number of benzene rings is 2. The number of nitrogens with two attached hydrogens (primary N) is 1. The summed E-state index contributed by atoms with van der Waals surface area (Å²) in [6.45, 7) is 0.0308. The lowest BCUT2D eigenvalue weighted by Crippen LogP contribution is -2.07. The zero-order valence-corrected chi connectivity index (χ0v) is 10.5. The number of rotatable bonds is 4. The molecule has 0 aromatic heterocycles. The van der Waals surface area contributed by atoms with Crippen LogP contribution in [0.25, 0.3) is 0 Å². The second-order valence-corrected chi connectivity index (χ2v) is 4.78. The van der Waals surface area contributed by atoms with E-state index in [1.165, 1.54) is 11.8 Å². The van der Waals surface area contributed by atoms with Crippen LogP contribution < -0.4 is 10.5 Å². The van der Waals surface area contributed by atoms with Crippen LogP contribution in [-0.2, 0) is 4.79 Å². The van der Waals surface area contributed by atoms with Gasteiger partial charge in [0.25, 0.3) is 0 Å². The fourth-order valence-corrected chi connectivity index (χ4v) is 2.07. The van der Waals surface area contributed by atoms with Crippen LogP contribution in [0.15, 0.2) is 59.5 Å². The van der Waals surface area contributed by atoms with E-state index in [2.05, 4.69) is 0 Å². The Morgan fingerprint density at radius 1 is 1.11 bits per heavy atom. The molecular formula is C14H13NO2S. The van der Waals surface area contributed by atoms with Crippen molar-refractivity contribution in [3.63, 3.8) is 0 Å². The summed E-state index contributed by atoms with van der Waals surface area (Å²) >= 11 is 1.17. The Labute approximate surface area is 110 Å². The van der Waals surface area contributed by atoms with E-state index in [0.29, 0.717) is 11.4 Å². The van der Waals surface area contributed by atoms with Crippen LogP contribution >= 0.6 is 11.8 Å². The second kappa shape index (κ2) is 6.12. The summed E-state index contributed by atoms with van der Waals surface area (Å²) in [4.78, 5) is 12.6. The van der Waals surface area contributed by atoms with Crippen molar-refractivity contribution in [2.45, 2.75) is 4.90 Å². The minimum absolute atomic E-state index is 0.0308. The molecule has 0 saturated heterocycles. The number of thioether (sulfide) groups is 1. The van der Waals surface area contributed by atoms with Gasteiger partial charge in [-0.15, -0.1) is 0 Å². The van der Waals surface area contributed by atoms with Crippen LogP contribution in [0.2, 0.25) is 0 Å². The van der Waals surface area contributed by atoms with Crippen molar-refractivity contribution in [2.75, 3.05) is 12.3 Å². The molecule has 0 fully saturated rings. The van der Waals surface area contributed by atoms with Crippen LogP contribution in [0.1, 0.15) is 0 Å². The Kier molecular flexibility index (Phi) is 4.25. The van der Waals surface area contributed by atoms with Gasteiger partial charge in [-0.1, -0.05) is 24.3 Å². The van der Waals surface area contributed by atoms with Crippen molar-refractivity contribution in [1.82, 2.24) is 0 Å². The molecule has 0 heterocycles. The van der Waals surface area contributed by atoms with E-state index in [1.54, 1.807) is 24.3 Å². The highest BCUT2D eigenvalue weighted by Gasteiger charge is 2.05. The molecule has 92 valence electrons. The lowest BCUT2D eigenvalue weighted by Gasteiger charge is -2.05. The van der Waals surface area contributed by atoms with Gasteiger partial charge in [0.2, 0.25) is 5.12 Å². The van der Waals surface area contributed by atoms with Crippen LogP contribution in [0.4, 0.5) is 5.69 Å². The monoisotopic (exact) mass is 259 g/mol. The molecule has 2 aromatic carbocycles. The predicted molar refractivity (Wildman–Crippen MR) is 73.7 cm³/mol. The average Bonchev–Trinajstić information content (AvgIpc) is 2.38. The number of anilines is 1. The molecule has 2 aromatic rings.